The summed E-state index contributed by atoms with van der Waals surface area (Å²) >= 11 is 0. The van der Waals surface area contributed by atoms with Gasteiger partial charge in [0.05, 0.1) is 19.8 Å². The molecule has 1 aliphatic rings. The van der Waals surface area contributed by atoms with Gasteiger partial charge in [0.1, 0.15) is 0 Å². The topological polar surface area (TPSA) is 62.9 Å². The molecule has 5 heteroatoms. The number of rotatable bonds is 3. The fourth-order valence-corrected chi connectivity index (χ4v) is 1.97. The number of nitrogens with two attached hydrogens (primary N) is 1. The first-order valence-corrected chi connectivity index (χ1v) is 6.62. The van der Waals surface area contributed by atoms with Crippen LogP contribution in [0.15, 0.2) is 4.99 Å². The zero-order chi connectivity index (χ0) is 13.8. The molecule has 0 unspecified atom stereocenters. The lowest BCUT2D eigenvalue weighted by Gasteiger charge is -2.40. The standard InChI is InChI=1S/C13H28N4O/c1-12(2,3)16-11(14)15-10-13(4,5)17-6-8-18-9-7-17/h6-10H2,1-5H3,(H3,14,15,16). The van der Waals surface area contributed by atoms with Crippen molar-refractivity contribution in [3.8, 4) is 0 Å². The van der Waals surface area contributed by atoms with Crippen LogP contribution in [0.4, 0.5) is 0 Å². The van der Waals surface area contributed by atoms with Crippen LogP contribution in [0.2, 0.25) is 0 Å². The summed E-state index contributed by atoms with van der Waals surface area (Å²) < 4.78 is 5.37. The monoisotopic (exact) mass is 256 g/mol. The van der Waals surface area contributed by atoms with Crippen LogP contribution in [0.25, 0.3) is 0 Å². The molecule has 1 rings (SSSR count). The Bertz CT molecular complexity index is 288. The van der Waals surface area contributed by atoms with Crippen LogP contribution in [-0.2, 0) is 4.74 Å². The summed E-state index contributed by atoms with van der Waals surface area (Å²) in [6, 6.07) is 0. The van der Waals surface area contributed by atoms with Crippen LogP contribution >= 0.6 is 0 Å². The molecular weight excluding hydrogens is 228 g/mol. The largest absolute Gasteiger partial charge is 0.379 e. The van der Waals surface area contributed by atoms with E-state index in [0.29, 0.717) is 12.5 Å². The summed E-state index contributed by atoms with van der Waals surface area (Å²) in [5, 5.41) is 3.18. The molecule has 0 aliphatic carbocycles. The lowest BCUT2D eigenvalue weighted by atomic mass is 10.0. The zero-order valence-corrected chi connectivity index (χ0v) is 12.4. The fourth-order valence-electron chi connectivity index (χ4n) is 1.97. The SMILES string of the molecule is CC(C)(C)NC(N)=NCC(C)(C)N1CCOCC1. The molecule has 1 heterocycles. The smallest absolute Gasteiger partial charge is 0.189 e. The van der Waals surface area contributed by atoms with E-state index in [2.05, 4.69) is 49.8 Å². The second-order valence-electron chi connectivity index (χ2n) is 6.49. The van der Waals surface area contributed by atoms with E-state index in [4.69, 9.17) is 10.5 Å². The van der Waals surface area contributed by atoms with Crippen molar-refractivity contribution < 1.29 is 4.74 Å². The van der Waals surface area contributed by atoms with Gasteiger partial charge in [0.2, 0.25) is 0 Å². The number of hydrogen-bond donors (Lipinski definition) is 2. The average molecular weight is 256 g/mol. The van der Waals surface area contributed by atoms with Crippen LogP contribution < -0.4 is 11.1 Å². The molecule has 0 atom stereocenters. The summed E-state index contributed by atoms with van der Waals surface area (Å²) in [6.45, 7) is 14.9. The Balaban J connectivity index is 2.51. The lowest BCUT2D eigenvalue weighted by molar-refractivity contribution is -0.00683. The normalized spacial score (nSPS) is 19.9. The van der Waals surface area contributed by atoms with Crippen molar-refractivity contribution in [1.82, 2.24) is 10.2 Å². The van der Waals surface area contributed by atoms with E-state index in [1.54, 1.807) is 0 Å². The van der Waals surface area contributed by atoms with Gasteiger partial charge >= 0.3 is 0 Å². The predicted octanol–water partition coefficient (Wildman–Crippen LogP) is 0.800. The molecule has 0 amide bonds. The molecule has 18 heavy (non-hydrogen) atoms. The molecule has 0 saturated carbocycles. The second kappa shape index (κ2) is 5.89. The quantitative estimate of drug-likeness (QED) is 0.579. The number of nitrogens with zero attached hydrogens (tertiary/aromatic N) is 2. The van der Waals surface area contributed by atoms with Gasteiger partial charge in [-0.2, -0.15) is 0 Å². The maximum Gasteiger partial charge on any atom is 0.189 e. The Kier molecular flexibility index (Phi) is 4.99. The Morgan fingerprint density at radius 3 is 2.28 bits per heavy atom. The average Bonchev–Trinajstić information content (AvgIpc) is 2.26. The number of aliphatic imine (C=N–C) groups is 1. The molecule has 0 aromatic heterocycles. The van der Waals surface area contributed by atoms with Crippen molar-refractivity contribution >= 4 is 5.96 Å². The van der Waals surface area contributed by atoms with Crippen molar-refractivity contribution in [3.05, 3.63) is 0 Å². The first-order chi connectivity index (χ1) is 8.21. The van der Waals surface area contributed by atoms with Gasteiger partial charge in [-0.1, -0.05) is 0 Å². The van der Waals surface area contributed by atoms with Crippen molar-refractivity contribution in [2.24, 2.45) is 10.7 Å². The summed E-state index contributed by atoms with van der Waals surface area (Å²) in [5.74, 6) is 0.517. The van der Waals surface area contributed by atoms with E-state index >= 15 is 0 Å². The highest BCUT2D eigenvalue weighted by Crippen LogP contribution is 2.16. The molecule has 3 N–H and O–H groups in total. The van der Waals surface area contributed by atoms with E-state index in [1.165, 1.54) is 0 Å². The minimum absolute atomic E-state index is 0.0218. The summed E-state index contributed by atoms with van der Waals surface area (Å²) in [4.78, 5) is 6.86. The number of ether oxygens (including phenoxy) is 1. The van der Waals surface area contributed by atoms with Gasteiger partial charge in [-0.3, -0.25) is 9.89 Å². The highest BCUT2D eigenvalue weighted by atomic mass is 16.5. The van der Waals surface area contributed by atoms with Crippen LogP contribution in [-0.4, -0.2) is 54.8 Å². The molecule has 5 nitrogen and oxygen atoms in total. The summed E-state index contributed by atoms with van der Waals surface area (Å²) in [6.07, 6.45) is 0. The van der Waals surface area contributed by atoms with Crippen molar-refractivity contribution in [3.63, 3.8) is 0 Å². The molecule has 1 fully saturated rings. The third kappa shape index (κ3) is 5.23. The lowest BCUT2D eigenvalue weighted by Crippen LogP contribution is -2.52. The van der Waals surface area contributed by atoms with Crippen LogP contribution in [0.5, 0.6) is 0 Å². The summed E-state index contributed by atoms with van der Waals surface area (Å²) in [7, 11) is 0. The molecule has 1 saturated heterocycles. The second-order valence-corrected chi connectivity index (χ2v) is 6.49. The minimum Gasteiger partial charge on any atom is -0.379 e. The Morgan fingerprint density at radius 1 is 1.22 bits per heavy atom. The van der Waals surface area contributed by atoms with Gasteiger partial charge in [-0.05, 0) is 34.6 Å². The highest BCUT2D eigenvalue weighted by Gasteiger charge is 2.28. The van der Waals surface area contributed by atoms with E-state index in [0.717, 1.165) is 26.3 Å². The van der Waals surface area contributed by atoms with E-state index in [1.807, 2.05) is 0 Å². The molecule has 1 aliphatic heterocycles. The van der Waals surface area contributed by atoms with Gasteiger partial charge in [-0.15, -0.1) is 0 Å². The first kappa shape index (κ1) is 15.2. The number of guanidine groups is 1. The molecule has 0 aromatic rings. The van der Waals surface area contributed by atoms with Crippen LogP contribution in [0.1, 0.15) is 34.6 Å². The molecule has 0 radical (unpaired) electrons. The van der Waals surface area contributed by atoms with Crippen molar-refractivity contribution in [2.75, 3.05) is 32.8 Å². The third-order valence-electron chi connectivity index (χ3n) is 3.01. The predicted molar refractivity (Wildman–Crippen MR) is 75.8 cm³/mol. The number of hydrogen-bond acceptors (Lipinski definition) is 3. The van der Waals surface area contributed by atoms with Crippen LogP contribution in [0.3, 0.4) is 0 Å². The van der Waals surface area contributed by atoms with Crippen molar-refractivity contribution in [2.45, 2.75) is 45.7 Å². The zero-order valence-electron chi connectivity index (χ0n) is 12.4. The Hall–Kier alpha value is -0.810. The maximum atomic E-state index is 5.89. The minimum atomic E-state index is -0.0450. The number of morpholine rings is 1. The summed E-state index contributed by atoms with van der Waals surface area (Å²) in [5.41, 5.74) is 5.87. The van der Waals surface area contributed by atoms with E-state index in [-0.39, 0.29) is 11.1 Å². The molecule has 106 valence electrons. The third-order valence-corrected chi connectivity index (χ3v) is 3.01. The van der Waals surface area contributed by atoms with Gasteiger partial charge in [0, 0.05) is 24.2 Å². The van der Waals surface area contributed by atoms with Gasteiger partial charge < -0.3 is 15.8 Å². The highest BCUT2D eigenvalue weighted by molar-refractivity contribution is 5.78. The molecule has 0 bridgehead atoms. The molecule has 0 aromatic carbocycles. The molecular formula is C13H28N4O. The molecule has 0 spiro atoms. The van der Waals surface area contributed by atoms with Crippen LogP contribution in [0, 0.1) is 0 Å². The first-order valence-electron chi connectivity index (χ1n) is 6.62. The van der Waals surface area contributed by atoms with Gasteiger partial charge in [-0.25, -0.2) is 0 Å². The van der Waals surface area contributed by atoms with E-state index in [9.17, 15) is 0 Å². The van der Waals surface area contributed by atoms with Gasteiger partial charge in [0.25, 0.3) is 0 Å². The fraction of sp³-hybridized carbons (Fsp3) is 0.923. The van der Waals surface area contributed by atoms with E-state index < -0.39 is 0 Å². The van der Waals surface area contributed by atoms with Crippen molar-refractivity contribution in [1.29, 1.82) is 0 Å². The number of nitrogens with one attached hydrogen (secondary N) is 1. The Morgan fingerprint density at radius 2 is 1.78 bits per heavy atom. The maximum absolute atomic E-state index is 5.89. The van der Waals surface area contributed by atoms with Gasteiger partial charge in [0.15, 0.2) is 5.96 Å². The Labute approximate surface area is 111 Å².